The van der Waals surface area contributed by atoms with Crippen LogP contribution in [-0.4, -0.2) is 74.3 Å². The summed E-state index contributed by atoms with van der Waals surface area (Å²) in [5.74, 6) is -1.56. The van der Waals surface area contributed by atoms with Crippen LogP contribution in [0.2, 0.25) is 0 Å². The number of nitrogens with zero attached hydrogens (tertiary/aromatic N) is 1. The molecule has 0 spiro atoms. The van der Waals surface area contributed by atoms with Gasteiger partial charge in [0.25, 0.3) is 5.91 Å². The number of ether oxygens (including phenoxy) is 6. The Hall–Kier alpha value is -2.92. The quantitative estimate of drug-likeness (QED) is 0.331. The molecule has 0 aromatic carbocycles. The number of pyridine rings is 1. The molecule has 1 amide bonds. The van der Waals surface area contributed by atoms with Crippen molar-refractivity contribution in [3.05, 3.63) is 18.0 Å². The van der Waals surface area contributed by atoms with Crippen molar-refractivity contribution < 1.29 is 42.8 Å². The zero-order valence-electron chi connectivity index (χ0n) is 21.7. The normalized spacial score (nSPS) is 22.4. The molecular formula is C25H38N2O9. The van der Waals surface area contributed by atoms with Gasteiger partial charge < -0.3 is 33.7 Å². The van der Waals surface area contributed by atoms with Crippen LogP contribution in [0, 0.1) is 0 Å². The SMILES string of the molecule is CCCOC1CCCC(NC(=O)c2nccc(OC)c2OCOC(C)=O)C(=O)OC(C)C1OCCC. The van der Waals surface area contributed by atoms with Gasteiger partial charge in [-0.3, -0.25) is 9.59 Å². The standard InChI is InChI=1S/C25H38N2O9/c1-6-13-32-20-10-8-9-18(25(30)36-16(3)22(20)33-14-7-2)27-24(29)21-23(35-15-34-17(4)28)19(31-5)11-12-26-21/h11-12,16,18,20,22H,6-10,13-15H2,1-5H3,(H,27,29). The van der Waals surface area contributed by atoms with Crippen molar-refractivity contribution in [1.82, 2.24) is 10.3 Å². The summed E-state index contributed by atoms with van der Waals surface area (Å²) in [6.07, 6.45) is 3.46. The molecule has 1 fully saturated rings. The number of cyclic esters (lactones) is 1. The fraction of sp³-hybridized carbons (Fsp3) is 0.680. The summed E-state index contributed by atoms with van der Waals surface area (Å²) in [4.78, 5) is 41.4. The van der Waals surface area contributed by atoms with Gasteiger partial charge in [0.1, 0.15) is 18.2 Å². The van der Waals surface area contributed by atoms with Crippen LogP contribution in [0.15, 0.2) is 12.3 Å². The van der Waals surface area contributed by atoms with Crippen molar-refractivity contribution in [2.24, 2.45) is 0 Å². The molecule has 36 heavy (non-hydrogen) atoms. The van der Waals surface area contributed by atoms with E-state index < -0.39 is 42.9 Å². The Labute approximate surface area is 212 Å². The second-order valence-corrected chi connectivity index (χ2v) is 8.43. The summed E-state index contributed by atoms with van der Waals surface area (Å²) in [5, 5.41) is 2.71. The fourth-order valence-corrected chi connectivity index (χ4v) is 3.81. The highest BCUT2D eigenvalue weighted by molar-refractivity contribution is 5.98. The third-order valence-electron chi connectivity index (χ3n) is 5.52. The maximum absolute atomic E-state index is 13.1. The fourth-order valence-electron chi connectivity index (χ4n) is 3.81. The van der Waals surface area contributed by atoms with Gasteiger partial charge in [-0.05, 0) is 39.0 Å². The van der Waals surface area contributed by atoms with Crippen LogP contribution in [0.1, 0.15) is 70.3 Å². The number of methoxy groups -OCH3 is 1. The number of hydrogen-bond donors (Lipinski definition) is 1. The van der Waals surface area contributed by atoms with E-state index in [-0.39, 0.29) is 23.3 Å². The maximum atomic E-state index is 13.1. The van der Waals surface area contributed by atoms with Gasteiger partial charge in [-0.15, -0.1) is 0 Å². The molecule has 0 saturated carbocycles. The highest BCUT2D eigenvalue weighted by Crippen LogP contribution is 2.30. The van der Waals surface area contributed by atoms with Gasteiger partial charge in [-0.25, -0.2) is 9.78 Å². The highest BCUT2D eigenvalue weighted by Gasteiger charge is 2.36. The molecule has 11 nitrogen and oxygen atoms in total. The zero-order valence-corrected chi connectivity index (χ0v) is 21.7. The third kappa shape index (κ3) is 8.63. The summed E-state index contributed by atoms with van der Waals surface area (Å²) in [6.45, 7) is 7.72. The van der Waals surface area contributed by atoms with Gasteiger partial charge in [-0.2, -0.15) is 0 Å². The van der Waals surface area contributed by atoms with Gasteiger partial charge in [0.05, 0.1) is 13.2 Å². The van der Waals surface area contributed by atoms with Crippen molar-refractivity contribution in [2.75, 3.05) is 27.1 Å². The molecular weight excluding hydrogens is 472 g/mol. The largest absolute Gasteiger partial charge is 0.493 e. The van der Waals surface area contributed by atoms with Crippen molar-refractivity contribution in [1.29, 1.82) is 0 Å². The van der Waals surface area contributed by atoms with Crippen LogP contribution >= 0.6 is 0 Å². The molecule has 0 bridgehead atoms. The molecule has 1 aromatic rings. The maximum Gasteiger partial charge on any atom is 0.329 e. The lowest BCUT2D eigenvalue weighted by atomic mass is 10.0. The van der Waals surface area contributed by atoms with Crippen molar-refractivity contribution in [3.63, 3.8) is 0 Å². The van der Waals surface area contributed by atoms with Crippen LogP contribution in [0.3, 0.4) is 0 Å². The van der Waals surface area contributed by atoms with E-state index in [0.717, 1.165) is 12.8 Å². The molecule has 1 N–H and O–H groups in total. The van der Waals surface area contributed by atoms with E-state index in [9.17, 15) is 14.4 Å². The van der Waals surface area contributed by atoms with Crippen LogP contribution in [0.25, 0.3) is 0 Å². The van der Waals surface area contributed by atoms with Gasteiger partial charge in [0.15, 0.2) is 17.2 Å². The molecule has 1 aliphatic rings. The van der Waals surface area contributed by atoms with Crippen molar-refractivity contribution in [3.8, 4) is 11.5 Å². The lowest BCUT2D eigenvalue weighted by molar-refractivity contribution is -0.167. The number of nitrogens with one attached hydrogen (secondary N) is 1. The first kappa shape index (κ1) is 29.3. The molecule has 0 radical (unpaired) electrons. The molecule has 11 heteroatoms. The molecule has 0 aliphatic carbocycles. The van der Waals surface area contributed by atoms with Crippen molar-refractivity contribution >= 4 is 17.8 Å². The molecule has 2 heterocycles. The number of carbonyl (C=O) groups is 3. The molecule has 1 aromatic heterocycles. The summed E-state index contributed by atoms with van der Waals surface area (Å²) >= 11 is 0. The summed E-state index contributed by atoms with van der Waals surface area (Å²) < 4.78 is 33.3. The Morgan fingerprint density at radius 3 is 2.56 bits per heavy atom. The predicted octanol–water partition coefficient (Wildman–Crippen LogP) is 2.79. The monoisotopic (exact) mass is 510 g/mol. The summed E-state index contributed by atoms with van der Waals surface area (Å²) in [5.41, 5.74) is -0.115. The average Bonchev–Trinajstić information content (AvgIpc) is 2.90. The van der Waals surface area contributed by atoms with Crippen LogP contribution in [0.4, 0.5) is 0 Å². The third-order valence-corrected chi connectivity index (χ3v) is 5.52. The number of rotatable bonds is 12. The van der Waals surface area contributed by atoms with E-state index >= 15 is 0 Å². The number of hydrogen-bond acceptors (Lipinski definition) is 10. The molecule has 1 saturated heterocycles. The number of amides is 1. The first-order chi connectivity index (χ1) is 17.3. The van der Waals surface area contributed by atoms with Crippen LogP contribution in [-0.2, 0) is 28.5 Å². The Bertz CT molecular complexity index is 864. The topological polar surface area (TPSA) is 132 Å². The smallest absolute Gasteiger partial charge is 0.329 e. The number of esters is 2. The minimum absolute atomic E-state index is 0.00962. The minimum Gasteiger partial charge on any atom is -0.493 e. The van der Waals surface area contributed by atoms with Crippen molar-refractivity contribution in [2.45, 2.75) is 84.2 Å². The van der Waals surface area contributed by atoms with E-state index in [1.54, 1.807) is 6.92 Å². The number of aromatic nitrogens is 1. The predicted molar refractivity (Wildman–Crippen MR) is 129 cm³/mol. The lowest BCUT2D eigenvalue weighted by Crippen LogP contribution is -2.45. The average molecular weight is 511 g/mol. The zero-order chi connectivity index (χ0) is 26.5. The van der Waals surface area contributed by atoms with E-state index in [1.807, 2.05) is 13.8 Å². The van der Waals surface area contributed by atoms with Gasteiger partial charge in [-0.1, -0.05) is 13.8 Å². The van der Waals surface area contributed by atoms with Crippen LogP contribution in [0.5, 0.6) is 11.5 Å². The second kappa shape index (κ2) is 15.2. The highest BCUT2D eigenvalue weighted by atomic mass is 16.7. The van der Waals surface area contributed by atoms with E-state index in [2.05, 4.69) is 10.3 Å². The number of carbonyl (C=O) groups excluding carboxylic acids is 3. The Balaban J connectivity index is 2.19. The van der Waals surface area contributed by atoms with E-state index in [4.69, 9.17) is 28.4 Å². The lowest BCUT2D eigenvalue weighted by Gasteiger charge is -2.31. The minimum atomic E-state index is -0.911. The molecule has 202 valence electrons. The Kier molecular flexibility index (Phi) is 12.4. The Morgan fingerprint density at radius 1 is 1.17 bits per heavy atom. The molecule has 1 aliphatic heterocycles. The summed E-state index contributed by atoms with van der Waals surface area (Å²) in [7, 11) is 1.40. The van der Waals surface area contributed by atoms with Gasteiger partial charge in [0.2, 0.25) is 6.79 Å². The molecule has 4 unspecified atom stereocenters. The van der Waals surface area contributed by atoms with E-state index in [0.29, 0.717) is 32.5 Å². The molecule has 4 atom stereocenters. The molecule has 2 rings (SSSR count). The van der Waals surface area contributed by atoms with Gasteiger partial charge in [0, 0.05) is 32.4 Å². The first-order valence-corrected chi connectivity index (χ1v) is 12.4. The van der Waals surface area contributed by atoms with Gasteiger partial charge >= 0.3 is 11.9 Å². The Morgan fingerprint density at radius 2 is 1.89 bits per heavy atom. The first-order valence-electron chi connectivity index (χ1n) is 12.4. The van der Waals surface area contributed by atoms with E-state index in [1.165, 1.54) is 26.3 Å². The summed E-state index contributed by atoms with van der Waals surface area (Å²) in [6, 6.07) is 0.592. The second-order valence-electron chi connectivity index (χ2n) is 8.43. The van der Waals surface area contributed by atoms with Crippen LogP contribution < -0.4 is 14.8 Å².